The lowest BCUT2D eigenvalue weighted by Gasteiger charge is -2.32. The van der Waals surface area contributed by atoms with E-state index < -0.39 is 17.4 Å². The molecule has 4 N–H and O–H groups in total. The predicted molar refractivity (Wildman–Crippen MR) is 152 cm³/mol. The first kappa shape index (κ1) is 32.8. The molecule has 0 spiro atoms. The first-order valence-corrected chi connectivity index (χ1v) is 14.3. The number of nitrogens with one attached hydrogen (secondary N) is 1. The number of ether oxygens (including phenoxy) is 1. The van der Waals surface area contributed by atoms with E-state index in [-0.39, 0.29) is 11.2 Å². The molecule has 0 aliphatic carbocycles. The average molecular weight is 582 g/mol. The third kappa shape index (κ3) is 11.0. The van der Waals surface area contributed by atoms with Crippen LogP contribution < -0.4 is 15.5 Å². The van der Waals surface area contributed by atoms with Crippen molar-refractivity contribution in [3.63, 3.8) is 0 Å². The summed E-state index contributed by atoms with van der Waals surface area (Å²) in [4.78, 5) is 3.24. The number of allylic oxidation sites excluding steroid dienone is 5. The van der Waals surface area contributed by atoms with E-state index in [2.05, 4.69) is 38.8 Å². The Morgan fingerprint density at radius 1 is 1.07 bits per heavy atom. The van der Waals surface area contributed by atoms with Gasteiger partial charge in [0.25, 0.3) is 10.1 Å². The third-order valence-electron chi connectivity index (χ3n) is 5.68. The molecule has 0 aromatic heterocycles. The second kappa shape index (κ2) is 13.8. The van der Waals surface area contributed by atoms with Crippen molar-refractivity contribution in [3.05, 3.63) is 88.8 Å². The minimum absolute atomic E-state index is 0.268. The maximum Gasteiger partial charge on any atom is 0.673 e. The van der Waals surface area contributed by atoms with Crippen molar-refractivity contribution >= 4 is 34.8 Å². The van der Waals surface area contributed by atoms with Crippen molar-refractivity contribution in [1.29, 1.82) is 0 Å². The molecule has 0 saturated heterocycles. The van der Waals surface area contributed by atoms with Crippen LogP contribution in [0.4, 0.5) is 23.0 Å². The van der Waals surface area contributed by atoms with E-state index in [1.54, 1.807) is 0 Å². The largest absolute Gasteiger partial charge is 0.673 e. The Kier molecular flexibility index (Phi) is 11.3. The van der Waals surface area contributed by atoms with Crippen LogP contribution in [0.3, 0.4) is 0 Å². The number of para-hydroxylation sites is 1. The van der Waals surface area contributed by atoms with E-state index in [9.17, 15) is 25.7 Å². The van der Waals surface area contributed by atoms with Crippen molar-refractivity contribution in [2.75, 3.05) is 5.75 Å². The Bertz CT molecular complexity index is 1390. The van der Waals surface area contributed by atoms with Gasteiger partial charge in [-0.05, 0) is 36.5 Å². The van der Waals surface area contributed by atoms with Gasteiger partial charge in [0.1, 0.15) is 11.5 Å². The zero-order chi connectivity index (χ0) is 30.1. The topological polar surface area (TPSA) is 104 Å². The van der Waals surface area contributed by atoms with Crippen LogP contribution in [-0.4, -0.2) is 32.2 Å². The lowest BCUT2D eigenvalue weighted by atomic mass is 9.84. The van der Waals surface area contributed by atoms with Gasteiger partial charge in [0.2, 0.25) is 5.69 Å². The summed E-state index contributed by atoms with van der Waals surface area (Å²) in [5, 5.41) is 0. The minimum atomic E-state index is -6.00. The number of halogens is 4. The molecule has 0 saturated carbocycles. The highest BCUT2D eigenvalue weighted by Gasteiger charge is 2.32. The fourth-order valence-electron chi connectivity index (χ4n) is 4.04. The van der Waals surface area contributed by atoms with E-state index in [0.717, 1.165) is 40.1 Å². The van der Waals surface area contributed by atoms with Gasteiger partial charge in [-0.2, -0.15) is 8.42 Å². The monoisotopic (exact) mass is 582 g/mol. The fraction of sp³-hybridized carbons (Fsp3) is 0.321. The van der Waals surface area contributed by atoms with E-state index in [1.165, 1.54) is 0 Å². The van der Waals surface area contributed by atoms with Crippen molar-refractivity contribution in [2.24, 2.45) is 11.1 Å². The zero-order valence-corrected chi connectivity index (χ0v) is 23.7. The molecule has 6 nitrogen and oxygen atoms in total. The lowest BCUT2D eigenvalue weighted by molar-refractivity contribution is -0.346. The molecule has 0 bridgehead atoms. The molecule has 1 aliphatic heterocycles. The van der Waals surface area contributed by atoms with E-state index in [0.29, 0.717) is 24.3 Å². The van der Waals surface area contributed by atoms with Crippen molar-refractivity contribution < 1.29 is 40.0 Å². The van der Waals surface area contributed by atoms with Crippen LogP contribution in [0, 0.1) is 5.41 Å². The molecule has 0 radical (unpaired) electrons. The molecule has 218 valence electrons. The van der Waals surface area contributed by atoms with Gasteiger partial charge < -0.3 is 27.7 Å². The second-order valence-corrected chi connectivity index (χ2v) is 11.7. The Morgan fingerprint density at radius 3 is 2.25 bits per heavy atom. The van der Waals surface area contributed by atoms with Gasteiger partial charge in [0.05, 0.1) is 11.4 Å². The molecule has 0 amide bonds. The minimum Gasteiger partial charge on any atom is -0.458 e. The lowest BCUT2D eigenvalue weighted by Crippen LogP contribution is -2.60. The molecule has 3 rings (SSSR count). The summed E-state index contributed by atoms with van der Waals surface area (Å²) < 4.78 is 76.7. The number of rotatable bonds is 8. The van der Waals surface area contributed by atoms with Crippen LogP contribution in [0.2, 0.25) is 0 Å². The number of hydrogen-bond donors (Lipinski definition) is 3. The normalized spacial score (nSPS) is 15.3. The molecule has 0 unspecified atom stereocenters. The Balaban J connectivity index is 0.00000103. The van der Waals surface area contributed by atoms with Crippen molar-refractivity contribution in [2.45, 2.75) is 47.0 Å². The number of aryl methyl sites for hydroxylation is 2. The third-order valence-corrected chi connectivity index (χ3v) is 6.49. The first-order valence-electron chi connectivity index (χ1n) is 12.7. The van der Waals surface area contributed by atoms with E-state index in [1.807, 2.05) is 60.8 Å². The molecule has 1 aliphatic rings. The molecule has 0 fully saturated rings. The van der Waals surface area contributed by atoms with E-state index in [4.69, 9.17) is 15.0 Å². The molecule has 2 aromatic rings. The molecule has 1 heterocycles. The maximum atomic E-state index is 11.1. The van der Waals surface area contributed by atoms with Gasteiger partial charge in [-0.1, -0.05) is 64.1 Å². The van der Waals surface area contributed by atoms with Gasteiger partial charge in [0.15, 0.2) is 6.21 Å². The number of benzene rings is 2. The fourth-order valence-corrected chi connectivity index (χ4v) is 4.55. The standard InChI is InChI=1S/C28H34N2O4S.BF4/c1-5-21-18-20(12-11-17-35(31,32)33)19-24-25(21)23(26(29)27(34-24)28(2,3)4)15-9-10-16-30-22-13-7-6-8-14-22;2-1(3,4)5/h6-10,13-16,18-19H,5,11-12,17,29H2,1-4H3,(H,31,32,33);/q;-1/p+1. The Morgan fingerprint density at radius 2 is 1.70 bits per heavy atom. The first-order chi connectivity index (χ1) is 18.5. The number of hydrogen-bond acceptors (Lipinski definition) is 4. The summed E-state index contributed by atoms with van der Waals surface area (Å²) in [6.45, 7) is 8.24. The molecular formula is C28H35BF4N2O4S. The molecule has 40 heavy (non-hydrogen) atoms. The smallest absolute Gasteiger partial charge is 0.458 e. The number of nitrogens with two attached hydrogens (primary N) is 1. The average Bonchev–Trinajstić information content (AvgIpc) is 2.82. The van der Waals surface area contributed by atoms with Crippen LogP contribution in [0.5, 0.6) is 5.75 Å². The highest BCUT2D eigenvalue weighted by atomic mass is 32.2. The van der Waals surface area contributed by atoms with Gasteiger partial charge >= 0.3 is 7.25 Å². The van der Waals surface area contributed by atoms with Gasteiger partial charge in [-0.3, -0.25) is 4.55 Å². The molecular weight excluding hydrogens is 547 g/mol. The van der Waals surface area contributed by atoms with Crippen LogP contribution in [0.1, 0.15) is 50.8 Å². The van der Waals surface area contributed by atoms with Gasteiger partial charge in [-0.15, -0.1) is 0 Å². The van der Waals surface area contributed by atoms with Gasteiger partial charge in [0, 0.05) is 34.8 Å². The molecule has 0 atom stereocenters. The SMILES string of the molecule is CCc1cc(CCCS(=O)(=O)O)cc2c1C(=CC=CC=[NH+]c1ccccc1)C(N)=C(C(C)(C)C)O2.F[B-](F)(F)F. The molecule has 2 aromatic carbocycles. The van der Waals surface area contributed by atoms with Gasteiger partial charge in [-0.25, -0.2) is 4.99 Å². The van der Waals surface area contributed by atoms with Crippen LogP contribution in [-0.2, 0) is 23.0 Å². The van der Waals surface area contributed by atoms with E-state index >= 15 is 0 Å². The summed E-state index contributed by atoms with van der Waals surface area (Å²) in [6, 6.07) is 13.9. The zero-order valence-electron chi connectivity index (χ0n) is 22.9. The summed E-state index contributed by atoms with van der Waals surface area (Å²) in [5.41, 5.74) is 11.9. The maximum absolute atomic E-state index is 11.1. The van der Waals surface area contributed by atoms with Crippen molar-refractivity contribution in [3.8, 4) is 5.75 Å². The summed E-state index contributed by atoms with van der Waals surface area (Å²) in [6.07, 6.45) is 9.37. The highest BCUT2D eigenvalue weighted by Crippen LogP contribution is 2.44. The second-order valence-electron chi connectivity index (χ2n) is 10.1. The predicted octanol–water partition coefficient (Wildman–Crippen LogP) is 5.40. The van der Waals surface area contributed by atoms with Crippen molar-refractivity contribution in [1.82, 2.24) is 0 Å². The summed E-state index contributed by atoms with van der Waals surface area (Å²) >= 11 is 0. The van der Waals surface area contributed by atoms with Crippen LogP contribution >= 0.6 is 0 Å². The highest BCUT2D eigenvalue weighted by molar-refractivity contribution is 7.85. The quantitative estimate of drug-likeness (QED) is 0.167. The Labute approximate surface area is 233 Å². The van der Waals surface area contributed by atoms with Crippen LogP contribution in [0.25, 0.3) is 5.57 Å². The number of fused-ring (bicyclic) bond motifs is 1. The summed E-state index contributed by atoms with van der Waals surface area (Å²) in [7, 11) is -9.98. The molecule has 12 heteroatoms. The summed E-state index contributed by atoms with van der Waals surface area (Å²) in [5.74, 6) is 1.15. The van der Waals surface area contributed by atoms with Crippen LogP contribution in [0.15, 0.2) is 72.1 Å². The Hall–Kier alpha value is -3.38.